The predicted octanol–water partition coefficient (Wildman–Crippen LogP) is 0.960. The van der Waals surface area contributed by atoms with Crippen molar-refractivity contribution >= 4 is 24.0 Å². The molecule has 110 valence electrons. The molecule has 0 aromatic heterocycles. The van der Waals surface area contributed by atoms with Gasteiger partial charge in [0.25, 0.3) is 5.91 Å². The van der Waals surface area contributed by atoms with Gasteiger partial charge in [0, 0.05) is 25.3 Å². The van der Waals surface area contributed by atoms with Crippen molar-refractivity contribution in [1.29, 1.82) is 0 Å². The minimum atomic E-state index is -0.472. The number of nitrogens with zero attached hydrogens (tertiary/aromatic N) is 1. The summed E-state index contributed by atoms with van der Waals surface area (Å²) in [4.78, 5) is 14.4. The summed E-state index contributed by atoms with van der Waals surface area (Å²) >= 11 is 0. The lowest BCUT2D eigenvalue weighted by molar-refractivity contribution is -0.144. The lowest BCUT2D eigenvalue weighted by Gasteiger charge is -2.29. The third kappa shape index (κ3) is 3.12. The molecule has 2 heterocycles. The molecular formula is C14H19ClN2O3. The van der Waals surface area contributed by atoms with Crippen LogP contribution in [0.25, 0.3) is 0 Å². The maximum absolute atomic E-state index is 12.6. The lowest BCUT2D eigenvalue weighted by Crippen LogP contribution is -2.46. The van der Waals surface area contributed by atoms with Crippen LogP contribution < -0.4 is 10.2 Å². The number of hydrogen-bond acceptors (Lipinski definition) is 4. The summed E-state index contributed by atoms with van der Waals surface area (Å²) < 4.78 is 10.8. The van der Waals surface area contributed by atoms with Gasteiger partial charge in [-0.05, 0) is 11.6 Å². The van der Waals surface area contributed by atoms with Crippen molar-refractivity contribution in [2.45, 2.75) is 12.6 Å². The van der Waals surface area contributed by atoms with Gasteiger partial charge in [-0.2, -0.15) is 0 Å². The van der Waals surface area contributed by atoms with E-state index in [4.69, 9.17) is 9.47 Å². The van der Waals surface area contributed by atoms with Gasteiger partial charge in [-0.25, -0.2) is 0 Å². The molecule has 1 atom stereocenters. The first kappa shape index (κ1) is 15.3. The molecule has 1 amide bonds. The fourth-order valence-electron chi connectivity index (χ4n) is 2.49. The average Bonchev–Trinajstić information content (AvgIpc) is 2.70. The molecule has 1 saturated heterocycles. The molecular weight excluding hydrogens is 280 g/mol. The smallest absolute Gasteiger partial charge is 0.258 e. The highest BCUT2D eigenvalue weighted by Crippen LogP contribution is 2.23. The third-order valence-electron chi connectivity index (χ3n) is 3.47. The van der Waals surface area contributed by atoms with Gasteiger partial charge < -0.3 is 19.7 Å². The fraction of sp³-hybridized carbons (Fsp3) is 0.500. The number of benzene rings is 1. The van der Waals surface area contributed by atoms with Gasteiger partial charge in [-0.1, -0.05) is 18.2 Å². The summed E-state index contributed by atoms with van der Waals surface area (Å²) in [6.07, 6.45) is -0.472. The van der Waals surface area contributed by atoms with Crippen LogP contribution in [0.2, 0.25) is 0 Å². The Labute approximate surface area is 124 Å². The van der Waals surface area contributed by atoms with Crippen molar-refractivity contribution < 1.29 is 14.3 Å². The van der Waals surface area contributed by atoms with Crippen molar-refractivity contribution in [2.24, 2.45) is 0 Å². The van der Waals surface area contributed by atoms with E-state index in [0.717, 1.165) is 24.3 Å². The third-order valence-corrected chi connectivity index (χ3v) is 3.47. The van der Waals surface area contributed by atoms with Gasteiger partial charge in [-0.3, -0.25) is 4.79 Å². The van der Waals surface area contributed by atoms with Crippen LogP contribution >= 0.6 is 12.4 Å². The number of ether oxygens (including phenoxy) is 2. The first-order valence-corrected chi connectivity index (χ1v) is 6.65. The highest BCUT2D eigenvalue weighted by molar-refractivity contribution is 5.97. The van der Waals surface area contributed by atoms with E-state index in [0.29, 0.717) is 26.4 Å². The van der Waals surface area contributed by atoms with Gasteiger partial charge in [0.05, 0.1) is 19.8 Å². The minimum Gasteiger partial charge on any atom is -0.376 e. The van der Waals surface area contributed by atoms with E-state index >= 15 is 0 Å². The SMILES string of the molecule is Cl.O=C(C1COCCO1)N1CCNCc2ccccc21. The van der Waals surface area contributed by atoms with Gasteiger partial charge in [0.2, 0.25) is 0 Å². The number of carbonyl (C=O) groups excluding carboxylic acids is 1. The zero-order chi connectivity index (χ0) is 13.1. The molecule has 1 aromatic carbocycles. The van der Waals surface area contributed by atoms with Crippen molar-refractivity contribution in [1.82, 2.24) is 5.32 Å². The molecule has 1 fully saturated rings. The molecule has 3 rings (SSSR count). The van der Waals surface area contributed by atoms with Crippen LogP contribution in [-0.4, -0.2) is 44.9 Å². The summed E-state index contributed by atoms with van der Waals surface area (Å²) in [6, 6.07) is 7.99. The Morgan fingerprint density at radius 2 is 2.15 bits per heavy atom. The second-order valence-corrected chi connectivity index (χ2v) is 4.73. The van der Waals surface area contributed by atoms with E-state index in [1.54, 1.807) is 0 Å². The Morgan fingerprint density at radius 3 is 2.95 bits per heavy atom. The number of rotatable bonds is 1. The summed E-state index contributed by atoms with van der Waals surface area (Å²) in [7, 11) is 0. The Morgan fingerprint density at radius 1 is 1.30 bits per heavy atom. The molecule has 0 bridgehead atoms. The van der Waals surface area contributed by atoms with Crippen molar-refractivity contribution in [2.75, 3.05) is 37.8 Å². The van der Waals surface area contributed by atoms with E-state index < -0.39 is 6.10 Å². The van der Waals surface area contributed by atoms with Crippen LogP contribution in [0, 0.1) is 0 Å². The molecule has 2 aliphatic rings. The van der Waals surface area contributed by atoms with Gasteiger partial charge in [0.15, 0.2) is 6.10 Å². The number of nitrogens with one attached hydrogen (secondary N) is 1. The highest BCUT2D eigenvalue weighted by atomic mass is 35.5. The quantitative estimate of drug-likeness (QED) is 0.839. The van der Waals surface area contributed by atoms with E-state index in [1.807, 2.05) is 29.2 Å². The maximum Gasteiger partial charge on any atom is 0.258 e. The molecule has 2 aliphatic heterocycles. The maximum atomic E-state index is 12.6. The minimum absolute atomic E-state index is 0. The molecule has 5 nitrogen and oxygen atoms in total. The lowest BCUT2D eigenvalue weighted by atomic mass is 10.1. The number of halogens is 1. The molecule has 1 unspecified atom stereocenters. The van der Waals surface area contributed by atoms with Crippen LogP contribution in [0.15, 0.2) is 24.3 Å². The Balaban J connectivity index is 0.00000147. The number of para-hydroxylation sites is 1. The van der Waals surface area contributed by atoms with Crippen molar-refractivity contribution in [3.8, 4) is 0 Å². The standard InChI is InChI=1S/C14H18N2O3.ClH/c17-14(13-10-18-7-8-19-13)16-6-5-15-9-11-3-1-2-4-12(11)16;/h1-4,13,15H,5-10H2;1H. The van der Waals surface area contributed by atoms with E-state index in [1.165, 1.54) is 0 Å². The summed E-state index contributed by atoms with van der Waals surface area (Å²) in [5.41, 5.74) is 2.12. The molecule has 6 heteroatoms. The number of amides is 1. The number of hydrogen-bond donors (Lipinski definition) is 1. The van der Waals surface area contributed by atoms with Crippen LogP contribution in [0.3, 0.4) is 0 Å². The topological polar surface area (TPSA) is 50.8 Å². The Hall–Kier alpha value is -1.14. The highest BCUT2D eigenvalue weighted by Gasteiger charge is 2.30. The Kier molecular flexibility index (Phi) is 5.37. The van der Waals surface area contributed by atoms with Gasteiger partial charge >= 0.3 is 0 Å². The molecule has 1 aromatic rings. The first-order valence-electron chi connectivity index (χ1n) is 6.65. The second kappa shape index (κ2) is 7.04. The van der Waals surface area contributed by atoms with Crippen molar-refractivity contribution in [3.05, 3.63) is 29.8 Å². The molecule has 0 radical (unpaired) electrons. The fourth-order valence-corrected chi connectivity index (χ4v) is 2.49. The van der Waals surface area contributed by atoms with E-state index in [9.17, 15) is 4.79 Å². The zero-order valence-corrected chi connectivity index (χ0v) is 12.0. The van der Waals surface area contributed by atoms with Crippen LogP contribution in [0.5, 0.6) is 0 Å². The zero-order valence-electron chi connectivity index (χ0n) is 11.2. The molecule has 20 heavy (non-hydrogen) atoms. The molecule has 1 N–H and O–H groups in total. The number of carbonyl (C=O) groups is 1. The second-order valence-electron chi connectivity index (χ2n) is 4.73. The van der Waals surface area contributed by atoms with Crippen LogP contribution in [0.4, 0.5) is 5.69 Å². The van der Waals surface area contributed by atoms with Crippen LogP contribution in [-0.2, 0) is 20.8 Å². The van der Waals surface area contributed by atoms with Gasteiger partial charge in [0.1, 0.15) is 0 Å². The first-order chi connectivity index (χ1) is 9.36. The van der Waals surface area contributed by atoms with E-state index in [-0.39, 0.29) is 18.3 Å². The average molecular weight is 299 g/mol. The van der Waals surface area contributed by atoms with Gasteiger partial charge in [-0.15, -0.1) is 12.4 Å². The summed E-state index contributed by atoms with van der Waals surface area (Å²) in [5.74, 6) is -0.00384. The Bertz CT molecular complexity index is 463. The molecule has 0 aliphatic carbocycles. The monoisotopic (exact) mass is 298 g/mol. The van der Waals surface area contributed by atoms with E-state index in [2.05, 4.69) is 5.32 Å². The normalized spacial score (nSPS) is 22.4. The summed E-state index contributed by atoms with van der Waals surface area (Å²) in [6.45, 7) is 3.66. The molecule has 0 spiro atoms. The van der Waals surface area contributed by atoms with Crippen molar-refractivity contribution in [3.63, 3.8) is 0 Å². The summed E-state index contributed by atoms with van der Waals surface area (Å²) in [5, 5.41) is 3.33. The predicted molar refractivity (Wildman–Crippen MR) is 78.3 cm³/mol. The largest absolute Gasteiger partial charge is 0.376 e. The van der Waals surface area contributed by atoms with Crippen LogP contribution in [0.1, 0.15) is 5.56 Å². The number of anilines is 1. The number of fused-ring (bicyclic) bond motifs is 1. The molecule has 0 saturated carbocycles.